The molecule has 0 aliphatic carbocycles. The minimum Gasteiger partial charge on any atom is 0 e. The maximum atomic E-state index is 0. The Morgan fingerprint density at radius 2 is 0.667 bits per heavy atom. The fourth-order valence-corrected chi connectivity index (χ4v) is 0. The third-order valence-electron chi connectivity index (χ3n) is 0. The smallest absolute Gasteiger partial charge is 0 e. The van der Waals surface area contributed by atoms with Crippen LogP contribution in [0.5, 0.6) is 0 Å². The molecule has 0 aliphatic rings. The summed E-state index contributed by atoms with van der Waals surface area (Å²) in [6, 6.07) is 0. The standard InChI is InChI=1S/Al.3H2O.Sn.Zn.5H/h;3*1H2;;;;;;;. The Balaban J connectivity index is 0. The average Bonchev–Trinajstić information content (AvgIpc) is 0. The SMILES string of the molecule is O.O.O.[AlH3].[SnH2].[Zn]. The van der Waals surface area contributed by atoms with Crippen molar-refractivity contribution in [3.05, 3.63) is 0 Å². The van der Waals surface area contributed by atoms with Crippen molar-refractivity contribution >= 4 is 41.3 Å². The Hall–Kier alpha value is 1.83. The predicted molar refractivity (Wildman–Crippen MR) is 29.3 cm³/mol. The number of rotatable bonds is 0. The van der Waals surface area contributed by atoms with Crippen molar-refractivity contribution in [2.75, 3.05) is 0 Å². The van der Waals surface area contributed by atoms with Crippen LogP contribution >= 0.6 is 0 Å². The minimum atomic E-state index is 0. The Kier molecular flexibility index (Phi) is 1250. The van der Waals surface area contributed by atoms with Crippen molar-refractivity contribution in [1.29, 1.82) is 0 Å². The zero-order valence-corrected chi connectivity index (χ0v) is 9.92. The summed E-state index contributed by atoms with van der Waals surface area (Å²) >= 11 is 0. The topological polar surface area (TPSA) is 94.5 Å². The second-order valence-electron chi connectivity index (χ2n) is 0. The van der Waals surface area contributed by atoms with Crippen LogP contribution in [0, 0.1) is 0 Å². The van der Waals surface area contributed by atoms with Gasteiger partial charge in [0.2, 0.25) is 0 Å². The molecular weight excluding hydrogens is 259 g/mol. The molecule has 0 saturated heterocycles. The monoisotopic (exact) mass is 270 g/mol. The van der Waals surface area contributed by atoms with E-state index in [0.29, 0.717) is 0 Å². The number of hydrogen-bond donors (Lipinski definition) is 0. The summed E-state index contributed by atoms with van der Waals surface area (Å²) < 4.78 is 0. The molecule has 38 valence electrons. The van der Waals surface area contributed by atoms with E-state index in [0.717, 1.165) is 0 Å². The van der Waals surface area contributed by atoms with Crippen molar-refractivity contribution in [3.63, 3.8) is 0 Å². The van der Waals surface area contributed by atoms with Crippen LogP contribution in [0.15, 0.2) is 0 Å². The van der Waals surface area contributed by atoms with Crippen LogP contribution in [-0.4, -0.2) is 57.7 Å². The van der Waals surface area contributed by atoms with Crippen LogP contribution in [0.3, 0.4) is 0 Å². The minimum absolute atomic E-state index is 0. The van der Waals surface area contributed by atoms with Gasteiger partial charge in [0.15, 0.2) is 17.4 Å². The maximum absolute atomic E-state index is 0. The molecule has 6 N–H and O–H groups in total. The van der Waals surface area contributed by atoms with Gasteiger partial charge in [0.1, 0.15) is 0 Å². The summed E-state index contributed by atoms with van der Waals surface area (Å²) in [5.41, 5.74) is 0. The molecule has 0 amide bonds. The summed E-state index contributed by atoms with van der Waals surface area (Å²) in [7, 11) is 0. The van der Waals surface area contributed by atoms with Crippen molar-refractivity contribution in [2.24, 2.45) is 0 Å². The van der Waals surface area contributed by atoms with Crippen LogP contribution < -0.4 is 0 Å². The first kappa shape index (κ1) is 109. The van der Waals surface area contributed by atoms with Gasteiger partial charge in [-0.25, -0.2) is 0 Å². The van der Waals surface area contributed by atoms with Gasteiger partial charge in [-0.1, -0.05) is 0 Å². The van der Waals surface area contributed by atoms with Crippen molar-refractivity contribution in [2.45, 2.75) is 0 Å². The fraction of sp³-hybridized carbons (Fsp3) is 0. The van der Waals surface area contributed by atoms with E-state index in [4.69, 9.17) is 0 Å². The molecule has 6 heavy (non-hydrogen) atoms. The van der Waals surface area contributed by atoms with Gasteiger partial charge >= 0.3 is 23.9 Å². The van der Waals surface area contributed by atoms with Crippen LogP contribution in [0.1, 0.15) is 0 Å². The van der Waals surface area contributed by atoms with Crippen molar-refractivity contribution in [3.8, 4) is 0 Å². The van der Waals surface area contributed by atoms with E-state index < -0.39 is 0 Å². The van der Waals surface area contributed by atoms with Gasteiger partial charge in [0, 0.05) is 19.5 Å². The summed E-state index contributed by atoms with van der Waals surface area (Å²) in [5, 5.41) is 0. The van der Waals surface area contributed by atoms with Gasteiger partial charge in [-0.3, -0.25) is 0 Å². The van der Waals surface area contributed by atoms with Gasteiger partial charge in [0.05, 0.1) is 0 Å². The molecular formula is H11AlO3SnZn. The van der Waals surface area contributed by atoms with E-state index in [1.165, 1.54) is 0 Å². The first-order valence-corrected chi connectivity index (χ1v) is 0. The van der Waals surface area contributed by atoms with Gasteiger partial charge < -0.3 is 16.4 Å². The van der Waals surface area contributed by atoms with E-state index in [-0.39, 0.29) is 77.2 Å². The fourth-order valence-electron chi connectivity index (χ4n) is 0. The normalized spacial score (nSPS) is 0. The average molecular weight is 270 g/mol. The van der Waals surface area contributed by atoms with Crippen LogP contribution in [0.2, 0.25) is 0 Å². The molecule has 0 heterocycles. The molecule has 0 saturated carbocycles. The summed E-state index contributed by atoms with van der Waals surface area (Å²) in [4.78, 5) is 0. The predicted octanol–water partition coefficient (Wildman–Crippen LogP) is -4.58. The van der Waals surface area contributed by atoms with Crippen LogP contribution in [0.25, 0.3) is 0 Å². The van der Waals surface area contributed by atoms with Crippen LogP contribution in [-0.2, 0) is 19.5 Å². The van der Waals surface area contributed by atoms with Gasteiger partial charge in [-0.2, -0.15) is 0 Å². The molecule has 0 unspecified atom stereocenters. The quantitative estimate of drug-likeness (QED) is 0.396. The second-order valence-corrected chi connectivity index (χ2v) is 0. The molecule has 0 rings (SSSR count). The molecule has 6 heteroatoms. The largest absolute Gasteiger partial charge is 0 e. The van der Waals surface area contributed by atoms with E-state index in [9.17, 15) is 0 Å². The molecule has 0 aromatic heterocycles. The zero-order valence-electron chi connectivity index (χ0n) is 2.91. The van der Waals surface area contributed by atoms with Gasteiger partial charge in [0.25, 0.3) is 0 Å². The molecule has 3 nitrogen and oxygen atoms in total. The van der Waals surface area contributed by atoms with Gasteiger partial charge in [-0.15, -0.1) is 0 Å². The van der Waals surface area contributed by atoms with E-state index in [1.807, 2.05) is 0 Å². The molecule has 0 fully saturated rings. The second kappa shape index (κ2) is 69.1. The van der Waals surface area contributed by atoms with Crippen molar-refractivity contribution in [1.82, 2.24) is 0 Å². The summed E-state index contributed by atoms with van der Waals surface area (Å²) in [6.45, 7) is 0. The molecule has 2 radical (unpaired) electrons. The van der Waals surface area contributed by atoms with Gasteiger partial charge in [-0.05, 0) is 0 Å². The Labute approximate surface area is 76.6 Å². The molecule has 0 bridgehead atoms. The Bertz CT molecular complexity index is 10.8. The molecule has 0 atom stereocenters. The Morgan fingerprint density at radius 3 is 0.667 bits per heavy atom. The van der Waals surface area contributed by atoms with Crippen molar-refractivity contribution < 1.29 is 35.9 Å². The van der Waals surface area contributed by atoms with Crippen LogP contribution in [0.4, 0.5) is 0 Å². The Morgan fingerprint density at radius 1 is 0.667 bits per heavy atom. The molecule has 0 aliphatic heterocycles. The zero-order chi connectivity index (χ0) is 0. The van der Waals surface area contributed by atoms with E-state index in [2.05, 4.69) is 0 Å². The summed E-state index contributed by atoms with van der Waals surface area (Å²) in [6.07, 6.45) is 0. The first-order chi connectivity index (χ1) is 0. The molecule has 0 spiro atoms. The maximum Gasteiger partial charge on any atom is 0 e. The van der Waals surface area contributed by atoms with E-state index in [1.54, 1.807) is 0 Å². The third-order valence-corrected chi connectivity index (χ3v) is 0. The first-order valence-electron chi connectivity index (χ1n) is 0. The van der Waals surface area contributed by atoms with E-state index >= 15 is 0 Å². The third kappa shape index (κ3) is 40.5. The number of hydrogen-bond acceptors (Lipinski definition) is 0. The molecule has 0 aromatic carbocycles. The molecule has 0 aromatic rings. The summed E-state index contributed by atoms with van der Waals surface area (Å²) in [5.74, 6) is 0.